The van der Waals surface area contributed by atoms with E-state index < -0.39 is 11.5 Å². The quantitative estimate of drug-likeness (QED) is 0.768. The van der Waals surface area contributed by atoms with Gasteiger partial charge in [-0.2, -0.15) is 0 Å². The number of hydrogen-bond acceptors (Lipinski definition) is 3. The van der Waals surface area contributed by atoms with Crippen molar-refractivity contribution in [3.05, 3.63) is 0 Å². The SMILES string of the molecule is CC(CCN)C(=O)N(C)C1(CC(=O)O)CCCCC1. The van der Waals surface area contributed by atoms with E-state index in [-0.39, 0.29) is 18.2 Å². The van der Waals surface area contributed by atoms with Gasteiger partial charge in [0, 0.05) is 13.0 Å². The fraction of sp³-hybridized carbons (Fsp3) is 0.857. The number of aliphatic carboxylic acids is 1. The minimum Gasteiger partial charge on any atom is -0.481 e. The van der Waals surface area contributed by atoms with Gasteiger partial charge in [-0.15, -0.1) is 0 Å². The molecule has 1 amide bonds. The van der Waals surface area contributed by atoms with Crippen LogP contribution in [-0.2, 0) is 9.59 Å². The lowest BCUT2D eigenvalue weighted by Crippen LogP contribution is -2.53. The van der Waals surface area contributed by atoms with Crippen LogP contribution in [0.25, 0.3) is 0 Å². The number of nitrogens with zero attached hydrogens (tertiary/aromatic N) is 1. The van der Waals surface area contributed by atoms with E-state index in [1.54, 1.807) is 11.9 Å². The zero-order valence-corrected chi connectivity index (χ0v) is 12.0. The summed E-state index contributed by atoms with van der Waals surface area (Å²) < 4.78 is 0. The first-order valence-electron chi connectivity index (χ1n) is 7.12. The van der Waals surface area contributed by atoms with E-state index >= 15 is 0 Å². The lowest BCUT2D eigenvalue weighted by atomic mass is 9.77. The van der Waals surface area contributed by atoms with Crippen molar-refractivity contribution in [2.24, 2.45) is 11.7 Å². The van der Waals surface area contributed by atoms with E-state index in [0.29, 0.717) is 13.0 Å². The summed E-state index contributed by atoms with van der Waals surface area (Å²) in [5, 5.41) is 9.15. The average molecular weight is 270 g/mol. The van der Waals surface area contributed by atoms with Crippen molar-refractivity contribution in [2.45, 2.75) is 57.4 Å². The van der Waals surface area contributed by atoms with Gasteiger partial charge in [0.2, 0.25) is 5.91 Å². The van der Waals surface area contributed by atoms with Gasteiger partial charge in [0.25, 0.3) is 0 Å². The van der Waals surface area contributed by atoms with Crippen LogP contribution in [0.3, 0.4) is 0 Å². The molecule has 0 heterocycles. The Morgan fingerprint density at radius 1 is 1.32 bits per heavy atom. The molecule has 1 unspecified atom stereocenters. The van der Waals surface area contributed by atoms with Crippen molar-refractivity contribution < 1.29 is 14.7 Å². The van der Waals surface area contributed by atoms with Crippen LogP contribution < -0.4 is 5.73 Å². The molecule has 5 nitrogen and oxygen atoms in total. The molecule has 19 heavy (non-hydrogen) atoms. The molecule has 1 aliphatic carbocycles. The Bertz CT molecular complexity index is 325. The highest BCUT2D eigenvalue weighted by molar-refractivity contribution is 5.80. The second-order valence-electron chi connectivity index (χ2n) is 5.73. The average Bonchev–Trinajstić information content (AvgIpc) is 2.37. The van der Waals surface area contributed by atoms with Crippen LogP contribution in [0, 0.1) is 5.92 Å². The van der Waals surface area contributed by atoms with Crippen molar-refractivity contribution in [2.75, 3.05) is 13.6 Å². The molecular formula is C14H26N2O3. The second-order valence-corrected chi connectivity index (χ2v) is 5.73. The molecule has 0 aromatic rings. The highest BCUT2D eigenvalue weighted by Gasteiger charge is 2.41. The Morgan fingerprint density at radius 2 is 1.89 bits per heavy atom. The van der Waals surface area contributed by atoms with Crippen molar-refractivity contribution >= 4 is 11.9 Å². The Hall–Kier alpha value is -1.10. The summed E-state index contributed by atoms with van der Waals surface area (Å²) in [6.45, 7) is 2.34. The van der Waals surface area contributed by atoms with Gasteiger partial charge in [-0.05, 0) is 25.8 Å². The van der Waals surface area contributed by atoms with Gasteiger partial charge in [0.1, 0.15) is 0 Å². The van der Waals surface area contributed by atoms with Crippen LogP contribution >= 0.6 is 0 Å². The van der Waals surface area contributed by atoms with Crippen LogP contribution in [0.15, 0.2) is 0 Å². The summed E-state index contributed by atoms with van der Waals surface area (Å²) in [5.74, 6) is -0.941. The molecule has 0 radical (unpaired) electrons. The highest BCUT2D eigenvalue weighted by atomic mass is 16.4. The molecule has 110 valence electrons. The van der Waals surface area contributed by atoms with Crippen molar-refractivity contribution in [1.29, 1.82) is 0 Å². The summed E-state index contributed by atoms with van der Waals surface area (Å²) in [7, 11) is 1.75. The predicted molar refractivity (Wildman–Crippen MR) is 73.7 cm³/mol. The molecule has 0 spiro atoms. The molecule has 1 atom stereocenters. The first kappa shape index (κ1) is 16.0. The van der Waals surface area contributed by atoms with E-state index in [2.05, 4.69) is 0 Å². The lowest BCUT2D eigenvalue weighted by molar-refractivity contribution is -0.147. The number of amides is 1. The summed E-state index contributed by atoms with van der Waals surface area (Å²) in [6.07, 6.45) is 5.39. The fourth-order valence-electron chi connectivity index (χ4n) is 3.06. The maximum absolute atomic E-state index is 12.4. The van der Waals surface area contributed by atoms with E-state index in [9.17, 15) is 9.59 Å². The van der Waals surface area contributed by atoms with E-state index in [1.807, 2.05) is 6.92 Å². The number of rotatable bonds is 6. The molecule has 1 fully saturated rings. The highest BCUT2D eigenvalue weighted by Crippen LogP contribution is 2.36. The third kappa shape index (κ3) is 3.93. The topological polar surface area (TPSA) is 83.6 Å². The van der Waals surface area contributed by atoms with Gasteiger partial charge in [-0.1, -0.05) is 26.2 Å². The van der Waals surface area contributed by atoms with Gasteiger partial charge >= 0.3 is 5.97 Å². The third-order valence-corrected chi connectivity index (χ3v) is 4.33. The Morgan fingerprint density at radius 3 is 2.37 bits per heavy atom. The van der Waals surface area contributed by atoms with E-state index in [1.165, 1.54) is 0 Å². The molecule has 1 rings (SSSR count). The molecule has 0 aromatic carbocycles. The minimum absolute atomic E-state index is 0.0219. The number of carbonyl (C=O) groups is 2. The smallest absolute Gasteiger partial charge is 0.305 e. The first-order chi connectivity index (χ1) is 8.93. The summed E-state index contributed by atoms with van der Waals surface area (Å²) >= 11 is 0. The maximum Gasteiger partial charge on any atom is 0.305 e. The second kappa shape index (κ2) is 6.89. The van der Waals surface area contributed by atoms with Crippen molar-refractivity contribution in [1.82, 2.24) is 4.90 Å². The van der Waals surface area contributed by atoms with Crippen LogP contribution in [0.1, 0.15) is 51.9 Å². The number of carboxylic acids is 1. The first-order valence-corrected chi connectivity index (χ1v) is 7.12. The van der Waals surface area contributed by atoms with Gasteiger partial charge in [-0.25, -0.2) is 0 Å². The lowest BCUT2D eigenvalue weighted by Gasteiger charge is -2.44. The van der Waals surface area contributed by atoms with Crippen LogP contribution in [0.5, 0.6) is 0 Å². The van der Waals surface area contributed by atoms with Crippen molar-refractivity contribution in [3.63, 3.8) is 0 Å². The number of hydrogen-bond donors (Lipinski definition) is 2. The molecule has 3 N–H and O–H groups in total. The molecule has 1 aliphatic rings. The summed E-state index contributed by atoms with van der Waals surface area (Å²) in [4.78, 5) is 25.2. The Balaban J connectivity index is 2.84. The number of nitrogens with two attached hydrogens (primary N) is 1. The third-order valence-electron chi connectivity index (χ3n) is 4.33. The Kier molecular flexibility index (Phi) is 5.79. The summed E-state index contributed by atoms with van der Waals surface area (Å²) in [6, 6.07) is 0. The number of carboxylic acid groups (broad SMARTS) is 1. The molecule has 5 heteroatoms. The van der Waals surface area contributed by atoms with E-state index in [4.69, 9.17) is 10.8 Å². The normalized spacial score (nSPS) is 19.7. The maximum atomic E-state index is 12.4. The van der Waals surface area contributed by atoms with Crippen LogP contribution in [0.2, 0.25) is 0 Å². The van der Waals surface area contributed by atoms with Crippen LogP contribution in [-0.4, -0.2) is 41.0 Å². The molecule has 0 saturated heterocycles. The zero-order chi connectivity index (χ0) is 14.5. The molecule has 0 aromatic heterocycles. The minimum atomic E-state index is -0.826. The molecule has 1 saturated carbocycles. The zero-order valence-electron chi connectivity index (χ0n) is 12.0. The largest absolute Gasteiger partial charge is 0.481 e. The molecule has 0 aliphatic heterocycles. The van der Waals surface area contributed by atoms with Crippen LogP contribution in [0.4, 0.5) is 0 Å². The number of carbonyl (C=O) groups excluding carboxylic acids is 1. The monoisotopic (exact) mass is 270 g/mol. The van der Waals surface area contributed by atoms with E-state index in [0.717, 1.165) is 32.1 Å². The summed E-state index contributed by atoms with van der Waals surface area (Å²) in [5.41, 5.74) is 5.00. The van der Waals surface area contributed by atoms with Gasteiger partial charge in [-0.3, -0.25) is 9.59 Å². The van der Waals surface area contributed by atoms with Gasteiger partial charge in [0.15, 0.2) is 0 Å². The Labute approximate surface area is 115 Å². The molecular weight excluding hydrogens is 244 g/mol. The predicted octanol–water partition coefficient (Wildman–Crippen LogP) is 1.61. The van der Waals surface area contributed by atoms with Crippen molar-refractivity contribution in [3.8, 4) is 0 Å². The fourth-order valence-corrected chi connectivity index (χ4v) is 3.06. The van der Waals surface area contributed by atoms with Gasteiger partial charge in [0.05, 0.1) is 12.0 Å². The standard InChI is InChI=1S/C14H26N2O3/c1-11(6-9-15)13(19)16(2)14(10-12(17)18)7-4-3-5-8-14/h11H,3-10,15H2,1-2H3,(H,17,18). The van der Waals surface area contributed by atoms with Gasteiger partial charge < -0.3 is 15.7 Å². The molecule has 0 bridgehead atoms.